The van der Waals surface area contributed by atoms with Gasteiger partial charge in [-0.05, 0) is 58.0 Å². The van der Waals surface area contributed by atoms with Crippen LogP contribution in [0.2, 0.25) is 0 Å². The Morgan fingerprint density at radius 1 is 1.11 bits per heavy atom. The van der Waals surface area contributed by atoms with E-state index in [-0.39, 0.29) is 11.4 Å². The van der Waals surface area contributed by atoms with Crippen LogP contribution in [0.15, 0.2) is 26.2 Å². The number of aromatic nitrogens is 2. The highest BCUT2D eigenvalue weighted by molar-refractivity contribution is 5.81. The molecule has 2 heterocycles. The number of rotatable bonds is 7. The maximum atomic E-state index is 12.1. The first-order chi connectivity index (χ1) is 13.1. The molecule has 2 N–H and O–H groups in total. The third-order valence-electron chi connectivity index (χ3n) is 5.46. The summed E-state index contributed by atoms with van der Waals surface area (Å²) < 4.78 is 1.24. The number of piperidine rings is 1. The Balaban J connectivity index is 1.65. The molecule has 7 nitrogen and oxygen atoms in total. The van der Waals surface area contributed by atoms with Crippen molar-refractivity contribution < 1.29 is 5.11 Å². The van der Waals surface area contributed by atoms with Gasteiger partial charge in [-0.15, -0.1) is 0 Å². The highest BCUT2D eigenvalue weighted by Crippen LogP contribution is 2.21. The minimum atomic E-state index is -0.590. The molecule has 2 aliphatic rings. The molecule has 1 fully saturated rings. The van der Waals surface area contributed by atoms with Gasteiger partial charge in [-0.2, -0.15) is 0 Å². The van der Waals surface area contributed by atoms with E-state index >= 15 is 0 Å². The van der Waals surface area contributed by atoms with Gasteiger partial charge in [0.15, 0.2) is 0 Å². The average molecular weight is 374 g/mol. The van der Waals surface area contributed by atoms with Crippen LogP contribution in [0, 0.1) is 0 Å². The molecule has 1 aliphatic carbocycles. The first-order valence-electron chi connectivity index (χ1n) is 10.1. The summed E-state index contributed by atoms with van der Waals surface area (Å²) in [7, 11) is 0. The van der Waals surface area contributed by atoms with Gasteiger partial charge >= 0.3 is 5.69 Å². The number of likely N-dealkylation sites (tertiary alicyclic amines) is 1. The average Bonchev–Trinajstić information content (AvgIpc) is 2.68. The smallest absolute Gasteiger partial charge is 0.331 e. The Kier molecular flexibility index (Phi) is 7.04. The monoisotopic (exact) mass is 374 g/mol. The molecular weight excluding hydrogens is 344 g/mol. The number of nitrogens with one attached hydrogen (secondary N) is 1. The van der Waals surface area contributed by atoms with Crippen LogP contribution in [0.4, 0.5) is 0 Å². The van der Waals surface area contributed by atoms with E-state index in [1.807, 2.05) is 0 Å². The van der Waals surface area contributed by atoms with Crippen molar-refractivity contribution in [3.8, 4) is 5.88 Å². The lowest BCUT2D eigenvalue weighted by Crippen LogP contribution is -2.33. The van der Waals surface area contributed by atoms with Gasteiger partial charge in [0.2, 0.25) is 5.88 Å². The summed E-state index contributed by atoms with van der Waals surface area (Å²) in [6, 6.07) is 0. The molecule has 0 radical (unpaired) electrons. The molecule has 0 aromatic carbocycles. The van der Waals surface area contributed by atoms with E-state index in [0.29, 0.717) is 19.5 Å². The van der Waals surface area contributed by atoms with Gasteiger partial charge in [-0.3, -0.25) is 19.3 Å². The second-order valence-electron chi connectivity index (χ2n) is 7.44. The van der Waals surface area contributed by atoms with E-state index in [9.17, 15) is 14.7 Å². The number of aliphatic imine (C=N–C) groups is 1. The van der Waals surface area contributed by atoms with Crippen molar-refractivity contribution >= 4 is 6.21 Å². The van der Waals surface area contributed by atoms with Crippen molar-refractivity contribution in [3.05, 3.63) is 38.1 Å². The number of hydrogen-bond donors (Lipinski definition) is 2. The molecule has 0 amide bonds. The zero-order chi connectivity index (χ0) is 19.1. The fraction of sp³-hybridized carbons (Fsp3) is 0.650. The van der Waals surface area contributed by atoms with Crippen LogP contribution < -0.4 is 11.2 Å². The molecule has 0 saturated carbocycles. The largest absolute Gasteiger partial charge is 0.494 e. The minimum absolute atomic E-state index is 0.0610. The third-order valence-corrected chi connectivity index (χ3v) is 5.46. The Hall–Kier alpha value is -2.15. The Bertz CT molecular complexity index is 800. The second kappa shape index (κ2) is 9.69. The summed E-state index contributed by atoms with van der Waals surface area (Å²) in [5.41, 5.74) is 0.216. The number of nitrogens with zero attached hydrogens (tertiary/aromatic N) is 3. The van der Waals surface area contributed by atoms with Crippen LogP contribution in [0.25, 0.3) is 0 Å². The maximum Gasteiger partial charge on any atom is 0.331 e. The summed E-state index contributed by atoms with van der Waals surface area (Å²) in [5.74, 6) is -0.290. The highest BCUT2D eigenvalue weighted by Gasteiger charge is 2.14. The molecule has 0 spiro atoms. The first kappa shape index (κ1) is 19.6. The number of aromatic hydroxyl groups is 1. The van der Waals surface area contributed by atoms with Gasteiger partial charge in [0.1, 0.15) is 5.56 Å². The van der Waals surface area contributed by atoms with Crippen LogP contribution in [-0.2, 0) is 6.54 Å². The lowest BCUT2D eigenvalue weighted by molar-refractivity contribution is 0.235. The van der Waals surface area contributed by atoms with Crippen molar-refractivity contribution in [2.45, 2.75) is 57.9 Å². The predicted molar refractivity (Wildman–Crippen MR) is 107 cm³/mol. The van der Waals surface area contributed by atoms with E-state index in [2.05, 4.69) is 21.0 Å². The summed E-state index contributed by atoms with van der Waals surface area (Å²) in [4.78, 5) is 33.1. The normalized spacial score (nSPS) is 18.7. The Morgan fingerprint density at radius 3 is 2.67 bits per heavy atom. The van der Waals surface area contributed by atoms with Gasteiger partial charge < -0.3 is 10.0 Å². The lowest BCUT2D eigenvalue weighted by atomic mass is 9.97. The topological polar surface area (TPSA) is 90.7 Å². The molecule has 148 valence electrons. The molecule has 1 aromatic rings. The molecule has 0 unspecified atom stereocenters. The van der Waals surface area contributed by atoms with E-state index in [1.54, 1.807) is 0 Å². The Labute approximate surface area is 159 Å². The van der Waals surface area contributed by atoms with Gasteiger partial charge in [-0.1, -0.05) is 18.1 Å². The number of allylic oxidation sites excluding steroid dienone is 2. The van der Waals surface area contributed by atoms with Crippen LogP contribution in [0.1, 0.15) is 56.9 Å². The number of hydrogen-bond acceptors (Lipinski definition) is 5. The van der Waals surface area contributed by atoms with Crippen LogP contribution in [-0.4, -0.2) is 52.0 Å². The van der Waals surface area contributed by atoms with E-state index in [4.69, 9.17) is 0 Å². The molecular formula is C20H30N4O3. The van der Waals surface area contributed by atoms with Crippen molar-refractivity contribution in [1.29, 1.82) is 0 Å². The number of aromatic amines is 1. The molecule has 1 aromatic heterocycles. The van der Waals surface area contributed by atoms with Crippen LogP contribution in [0.5, 0.6) is 5.88 Å². The third kappa shape index (κ3) is 5.42. The SMILES string of the molecule is O=c1[nH]c(=O)n(CCC2=CCCCC2)c(O)c1C=NCCN1CCCCC1. The zero-order valence-electron chi connectivity index (χ0n) is 16.0. The Morgan fingerprint density at radius 2 is 1.93 bits per heavy atom. The van der Waals surface area contributed by atoms with Gasteiger partial charge in [0, 0.05) is 19.3 Å². The van der Waals surface area contributed by atoms with Crippen molar-refractivity contribution in [2.75, 3.05) is 26.2 Å². The molecule has 0 atom stereocenters. The molecule has 3 rings (SSSR count). The molecule has 27 heavy (non-hydrogen) atoms. The van der Waals surface area contributed by atoms with E-state index < -0.39 is 11.2 Å². The molecule has 1 saturated heterocycles. The van der Waals surface area contributed by atoms with Gasteiger partial charge in [-0.25, -0.2) is 4.79 Å². The molecule has 7 heteroatoms. The minimum Gasteiger partial charge on any atom is -0.494 e. The number of H-pyrrole nitrogens is 1. The van der Waals surface area contributed by atoms with Crippen molar-refractivity contribution in [1.82, 2.24) is 14.5 Å². The maximum absolute atomic E-state index is 12.1. The van der Waals surface area contributed by atoms with Crippen molar-refractivity contribution in [3.63, 3.8) is 0 Å². The lowest BCUT2D eigenvalue weighted by Gasteiger charge is -2.25. The second-order valence-corrected chi connectivity index (χ2v) is 7.44. The zero-order valence-corrected chi connectivity index (χ0v) is 16.0. The van der Waals surface area contributed by atoms with Crippen LogP contribution in [0.3, 0.4) is 0 Å². The molecule has 0 bridgehead atoms. The molecule has 1 aliphatic heterocycles. The fourth-order valence-electron chi connectivity index (χ4n) is 3.82. The highest BCUT2D eigenvalue weighted by atomic mass is 16.3. The predicted octanol–water partition coefficient (Wildman–Crippen LogP) is 2.04. The van der Waals surface area contributed by atoms with Gasteiger partial charge in [0.05, 0.1) is 6.54 Å². The summed E-state index contributed by atoms with van der Waals surface area (Å²) in [6.07, 6.45) is 12.6. The van der Waals surface area contributed by atoms with Crippen molar-refractivity contribution in [2.24, 2.45) is 4.99 Å². The standard InChI is InChI=1S/C20H30N4O3/c25-18-17(15-21-10-14-23-11-5-2-6-12-23)19(26)24(20(27)22-18)13-9-16-7-3-1-4-8-16/h7,15,26H,1-6,8-14H2,(H,22,25,27). The summed E-state index contributed by atoms with van der Waals surface area (Å²) in [6.45, 7) is 3.99. The van der Waals surface area contributed by atoms with Crippen LogP contribution >= 0.6 is 0 Å². The quantitative estimate of drug-likeness (QED) is 0.564. The van der Waals surface area contributed by atoms with E-state index in [1.165, 1.54) is 48.5 Å². The first-order valence-corrected chi connectivity index (χ1v) is 10.1. The fourth-order valence-corrected chi connectivity index (χ4v) is 3.82. The van der Waals surface area contributed by atoms with E-state index in [0.717, 1.165) is 32.5 Å². The summed E-state index contributed by atoms with van der Waals surface area (Å²) >= 11 is 0. The van der Waals surface area contributed by atoms with Gasteiger partial charge in [0.25, 0.3) is 5.56 Å². The summed E-state index contributed by atoms with van der Waals surface area (Å²) in [5, 5.41) is 10.4.